The average molecular weight is 220 g/mol. The van der Waals surface area contributed by atoms with E-state index in [1.54, 1.807) is 0 Å². The lowest BCUT2D eigenvalue weighted by Crippen LogP contribution is -2.59. The fourth-order valence-corrected chi connectivity index (χ4v) is 6.62. The van der Waals surface area contributed by atoms with Crippen molar-refractivity contribution in [3.05, 3.63) is 0 Å². The Hall–Kier alpha value is -0.0400. The summed E-state index contributed by atoms with van der Waals surface area (Å²) in [5.74, 6) is 0.927. The Labute approximate surface area is 98.6 Å². The van der Waals surface area contributed by atoms with Crippen LogP contribution >= 0.6 is 0 Å². The molecule has 0 aliphatic heterocycles. The molecule has 4 bridgehead atoms. The fraction of sp³-hybridized carbons (Fsp3) is 1.00. The van der Waals surface area contributed by atoms with Crippen molar-refractivity contribution in [2.24, 2.45) is 22.2 Å². The minimum absolute atomic E-state index is 0.241. The second kappa shape index (κ2) is 2.39. The van der Waals surface area contributed by atoms with Gasteiger partial charge in [-0.2, -0.15) is 0 Å². The molecule has 0 aromatic carbocycles. The zero-order chi connectivity index (χ0) is 11.2. The summed E-state index contributed by atoms with van der Waals surface area (Å²) < 4.78 is 0. The number of rotatable bonds is 1. The van der Waals surface area contributed by atoms with Gasteiger partial charge in [0.2, 0.25) is 0 Å². The number of aliphatic hydroxyl groups is 1. The van der Waals surface area contributed by atoms with Crippen molar-refractivity contribution in [1.29, 1.82) is 0 Å². The first kappa shape index (κ1) is 9.94. The van der Waals surface area contributed by atoms with Gasteiger partial charge in [0.25, 0.3) is 0 Å². The summed E-state index contributed by atoms with van der Waals surface area (Å²) in [6.45, 7) is 4.99. The predicted octanol–water partition coefficient (Wildman–Crippen LogP) is 3.51. The van der Waals surface area contributed by atoms with Gasteiger partial charge in [-0.25, -0.2) is 0 Å². The highest BCUT2D eigenvalue weighted by molar-refractivity contribution is 5.20. The molecule has 5 rings (SSSR count). The lowest BCUT2D eigenvalue weighted by Gasteiger charge is -2.67. The quantitative estimate of drug-likeness (QED) is 0.717. The van der Waals surface area contributed by atoms with Gasteiger partial charge in [-0.05, 0) is 68.1 Å². The first-order valence-electron chi connectivity index (χ1n) is 7.09. The molecule has 2 unspecified atom stereocenters. The monoisotopic (exact) mass is 220 g/mol. The molecule has 1 N–H and O–H groups in total. The van der Waals surface area contributed by atoms with Crippen molar-refractivity contribution in [3.63, 3.8) is 0 Å². The summed E-state index contributed by atoms with van der Waals surface area (Å²) in [4.78, 5) is 0. The van der Waals surface area contributed by atoms with E-state index in [1.165, 1.54) is 38.5 Å². The fourth-order valence-electron chi connectivity index (χ4n) is 6.62. The Kier molecular flexibility index (Phi) is 1.48. The van der Waals surface area contributed by atoms with Crippen LogP contribution in [0.4, 0.5) is 0 Å². The van der Waals surface area contributed by atoms with E-state index < -0.39 is 0 Å². The summed E-state index contributed by atoms with van der Waals surface area (Å²) >= 11 is 0. The lowest BCUT2D eigenvalue weighted by atomic mass is 9.39. The van der Waals surface area contributed by atoms with Gasteiger partial charge in [0.15, 0.2) is 0 Å². The van der Waals surface area contributed by atoms with E-state index in [1.807, 2.05) is 0 Å². The average Bonchev–Trinajstić information content (AvgIpc) is 2.77. The van der Waals surface area contributed by atoms with Crippen LogP contribution in [-0.2, 0) is 0 Å². The molecule has 5 fully saturated rings. The van der Waals surface area contributed by atoms with Crippen LogP contribution in [0.5, 0.6) is 0 Å². The first-order valence-corrected chi connectivity index (χ1v) is 7.09. The maximum Gasteiger partial charge on any atom is 0.0706 e. The van der Waals surface area contributed by atoms with Crippen molar-refractivity contribution >= 4 is 0 Å². The standard InChI is InChI=1S/C15H24O/c1-12-5-11-6-13(2,8-12)10-14(7-11,9-12)15(16)3-4-15/h11,16H,3-10H2,1-2H3. The van der Waals surface area contributed by atoms with Crippen LogP contribution in [0.25, 0.3) is 0 Å². The van der Waals surface area contributed by atoms with E-state index in [9.17, 15) is 5.11 Å². The van der Waals surface area contributed by atoms with Crippen molar-refractivity contribution in [2.45, 2.75) is 70.8 Å². The molecule has 5 aliphatic carbocycles. The third-order valence-corrected chi connectivity index (χ3v) is 6.34. The molecule has 0 aromatic heterocycles. The molecular formula is C15H24O. The molecule has 16 heavy (non-hydrogen) atoms. The van der Waals surface area contributed by atoms with Crippen LogP contribution in [0.3, 0.4) is 0 Å². The van der Waals surface area contributed by atoms with Crippen LogP contribution in [0.2, 0.25) is 0 Å². The van der Waals surface area contributed by atoms with Gasteiger partial charge >= 0.3 is 0 Å². The van der Waals surface area contributed by atoms with Gasteiger partial charge in [-0.3, -0.25) is 0 Å². The molecule has 5 saturated carbocycles. The van der Waals surface area contributed by atoms with Gasteiger partial charge in [0, 0.05) is 5.41 Å². The smallest absolute Gasteiger partial charge is 0.0706 e. The van der Waals surface area contributed by atoms with Gasteiger partial charge in [0.1, 0.15) is 0 Å². The molecular weight excluding hydrogens is 196 g/mol. The number of hydrogen-bond donors (Lipinski definition) is 1. The van der Waals surface area contributed by atoms with E-state index in [-0.39, 0.29) is 5.60 Å². The maximum absolute atomic E-state index is 10.7. The molecule has 0 amide bonds. The topological polar surface area (TPSA) is 20.2 Å². The second-order valence-corrected chi connectivity index (χ2v) is 8.44. The highest BCUT2D eigenvalue weighted by Gasteiger charge is 2.69. The zero-order valence-electron chi connectivity index (χ0n) is 10.7. The molecule has 0 aromatic rings. The van der Waals surface area contributed by atoms with Gasteiger partial charge in [0.05, 0.1) is 5.60 Å². The summed E-state index contributed by atoms with van der Waals surface area (Å²) in [7, 11) is 0. The predicted molar refractivity (Wildman–Crippen MR) is 64.0 cm³/mol. The van der Waals surface area contributed by atoms with Crippen LogP contribution in [0.1, 0.15) is 65.2 Å². The molecule has 2 atom stereocenters. The van der Waals surface area contributed by atoms with Gasteiger partial charge < -0.3 is 5.11 Å². The third kappa shape index (κ3) is 1.06. The zero-order valence-corrected chi connectivity index (χ0v) is 10.7. The van der Waals surface area contributed by atoms with Gasteiger partial charge in [-0.15, -0.1) is 0 Å². The Balaban J connectivity index is 1.80. The minimum Gasteiger partial charge on any atom is -0.389 e. The normalized spacial score (nSPS) is 61.3. The maximum atomic E-state index is 10.7. The van der Waals surface area contributed by atoms with E-state index in [4.69, 9.17) is 0 Å². The Morgan fingerprint density at radius 1 is 0.875 bits per heavy atom. The number of hydrogen-bond acceptors (Lipinski definition) is 1. The molecule has 90 valence electrons. The molecule has 0 heterocycles. The summed E-state index contributed by atoms with van der Waals surface area (Å²) in [5.41, 5.74) is 1.21. The van der Waals surface area contributed by atoms with E-state index in [0.717, 1.165) is 18.8 Å². The Morgan fingerprint density at radius 3 is 1.88 bits per heavy atom. The molecule has 1 nitrogen and oxygen atoms in total. The minimum atomic E-state index is -0.241. The van der Waals surface area contributed by atoms with Crippen molar-refractivity contribution in [3.8, 4) is 0 Å². The van der Waals surface area contributed by atoms with Crippen LogP contribution < -0.4 is 0 Å². The Morgan fingerprint density at radius 2 is 1.44 bits per heavy atom. The molecule has 5 aliphatic rings. The molecule has 0 radical (unpaired) electrons. The molecule has 1 heteroatoms. The molecule has 0 saturated heterocycles. The van der Waals surface area contributed by atoms with Crippen molar-refractivity contribution in [1.82, 2.24) is 0 Å². The highest BCUT2D eigenvalue weighted by atomic mass is 16.3. The third-order valence-electron chi connectivity index (χ3n) is 6.34. The van der Waals surface area contributed by atoms with Crippen LogP contribution in [0.15, 0.2) is 0 Å². The first-order chi connectivity index (χ1) is 7.36. The lowest BCUT2D eigenvalue weighted by molar-refractivity contribution is -0.194. The van der Waals surface area contributed by atoms with E-state index in [2.05, 4.69) is 13.8 Å². The summed E-state index contributed by atoms with van der Waals surface area (Å²) in [6, 6.07) is 0. The summed E-state index contributed by atoms with van der Waals surface area (Å²) in [5, 5.41) is 10.7. The highest BCUT2D eigenvalue weighted by Crippen LogP contribution is 2.75. The summed E-state index contributed by atoms with van der Waals surface area (Å²) in [6.07, 6.45) is 10.5. The largest absolute Gasteiger partial charge is 0.389 e. The van der Waals surface area contributed by atoms with Crippen molar-refractivity contribution in [2.75, 3.05) is 0 Å². The van der Waals surface area contributed by atoms with E-state index >= 15 is 0 Å². The van der Waals surface area contributed by atoms with Gasteiger partial charge in [-0.1, -0.05) is 13.8 Å². The Bertz CT molecular complexity index is 336. The van der Waals surface area contributed by atoms with Crippen molar-refractivity contribution < 1.29 is 5.11 Å². The molecule has 0 spiro atoms. The van der Waals surface area contributed by atoms with Crippen LogP contribution in [-0.4, -0.2) is 10.7 Å². The van der Waals surface area contributed by atoms with Crippen LogP contribution in [0, 0.1) is 22.2 Å². The SMILES string of the molecule is CC12CC3CC(C)(C1)CC(C1(O)CC1)(C3)C2. The second-order valence-electron chi connectivity index (χ2n) is 8.44. The van der Waals surface area contributed by atoms with E-state index in [0.29, 0.717) is 16.2 Å².